The molecule has 0 aliphatic rings. The van der Waals surface area contributed by atoms with Crippen LogP contribution < -0.4 is 0 Å². The fraction of sp³-hybridized carbons (Fsp3) is 0.647. The van der Waals surface area contributed by atoms with Crippen LogP contribution in [0.4, 0.5) is 0 Å². The molecule has 0 bridgehead atoms. The normalized spacial score (nSPS) is 14.8. The van der Waals surface area contributed by atoms with Crippen LogP contribution >= 0.6 is 0 Å². The lowest BCUT2D eigenvalue weighted by atomic mass is 9.82. The van der Waals surface area contributed by atoms with Gasteiger partial charge in [-0.2, -0.15) is 0 Å². The number of aliphatic hydroxyl groups is 1. The van der Waals surface area contributed by atoms with Gasteiger partial charge in [-0.15, -0.1) is 0 Å². The van der Waals surface area contributed by atoms with Crippen molar-refractivity contribution in [1.29, 1.82) is 0 Å². The predicted molar refractivity (Wildman–Crippen MR) is 86.2 cm³/mol. The lowest BCUT2D eigenvalue weighted by molar-refractivity contribution is 0.137. The SMILES string of the molecule is CCCN(CCN(C)C)CC(C)(CO)c1ccccc1. The van der Waals surface area contributed by atoms with E-state index in [1.54, 1.807) is 0 Å². The van der Waals surface area contributed by atoms with Crippen molar-refractivity contribution in [2.24, 2.45) is 0 Å². The van der Waals surface area contributed by atoms with E-state index in [2.05, 4.69) is 49.9 Å². The highest BCUT2D eigenvalue weighted by atomic mass is 16.3. The van der Waals surface area contributed by atoms with E-state index in [1.165, 1.54) is 5.56 Å². The first kappa shape index (κ1) is 17.2. The van der Waals surface area contributed by atoms with E-state index in [1.807, 2.05) is 18.2 Å². The molecular weight excluding hydrogens is 248 g/mol. The molecule has 1 atom stereocenters. The quantitative estimate of drug-likeness (QED) is 0.750. The Morgan fingerprint density at radius 3 is 2.20 bits per heavy atom. The Bertz CT molecular complexity index is 367. The molecule has 0 radical (unpaired) electrons. The molecule has 0 aromatic heterocycles. The van der Waals surface area contributed by atoms with Gasteiger partial charge >= 0.3 is 0 Å². The van der Waals surface area contributed by atoms with Crippen molar-refractivity contribution in [2.75, 3.05) is 46.9 Å². The van der Waals surface area contributed by atoms with Crippen molar-refractivity contribution >= 4 is 0 Å². The summed E-state index contributed by atoms with van der Waals surface area (Å²) < 4.78 is 0. The second kappa shape index (κ2) is 8.40. The number of likely N-dealkylation sites (N-methyl/N-ethyl adjacent to an activating group) is 1. The minimum atomic E-state index is -0.192. The van der Waals surface area contributed by atoms with E-state index < -0.39 is 0 Å². The molecule has 0 heterocycles. The van der Waals surface area contributed by atoms with Crippen molar-refractivity contribution in [3.8, 4) is 0 Å². The van der Waals surface area contributed by atoms with Gasteiger partial charge in [0.1, 0.15) is 0 Å². The maximum Gasteiger partial charge on any atom is 0.0537 e. The molecule has 1 aromatic carbocycles. The third-order valence-electron chi connectivity index (χ3n) is 3.80. The van der Waals surface area contributed by atoms with Gasteiger partial charge in [-0.1, -0.05) is 44.2 Å². The van der Waals surface area contributed by atoms with Gasteiger partial charge in [0, 0.05) is 25.0 Å². The highest BCUT2D eigenvalue weighted by Gasteiger charge is 2.28. The lowest BCUT2D eigenvalue weighted by Gasteiger charge is -2.35. The summed E-state index contributed by atoms with van der Waals surface area (Å²) in [6, 6.07) is 10.4. The number of hydrogen-bond donors (Lipinski definition) is 1. The highest BCUT2D eigenvalue weighted by molar-refractivity contribution is 5.25. The summed E-state index contributed by atoms with van der Waals surface area (Å²) in [5.74, 6) is 0. The third-order valence-corrected chi connectivity index (χ3v) is 3.80. The fourth-order valence-corrected chi connectivity index (χ4v) is 2.49. The topological polar surface area (TPSA) is 26.7 Å². The molecule has 0 saturated heterocycles. The maximum absolute atomic E-state index is 9.90. The summed E-state index contributed by atoms with van der Waals surface area (Å²) in [6.07, 6.45) is 1.14. The molecule has 3 heteroatoms. The van der Waals surface area contributed by atoms with Gasteiger partial charge in [0.05, 0.1) is 6.61 Å². The molecule has 1 aromatic rings. The zero-order valence-electron chi connectivity index (χ0n) is 13.5. The minimum Gasteiger partial charge on any atom is -0.395 e. The van der Waals surface area contributed by atoms with Crippen molar-refractivity contribution in [3.05, 3.63) is 35.9 Å². The van der Waals surface area contributed by atoms with E-state index in [0.29, 0.717) is 0 Å². The van der Waals surface area contributed by atoms with Crippen LogP contribution in [0.15, 0.2) is 30.3 Å². The number of hydrogen-bond acceptors (Lipinski definition) is 3. The Hall–Kier alpha value is -0.900. The van der Waals surface area contributed by atoms with Crippen LogP contribution in [0.1, 0.15) is 25.8 Å². The molecule has 0 aliphatic heterocycles. The molecule has 1 N–H and O–H groups in total. The Kier molecular flexibility index (Phi) is 7.20. The fourth-order valence-electron chi connectivity index (χ4n) is 2.49. The number of rotatable bonds is 9. The monoisotopic (exact) mass is 278 g/mol. The average Bonchev–Trinajstić information content (AvgIpc) is 2.45. The zero-order valence-corrected chi connectivity index (χ0v) is 13.5. The van der Waals surface area contributed by atoms with Crippen LogP contribution in [0.2, 0.25) is 0 Å². The van der Waals surface area contributed by atoms with E-state index in [-0.39, 0.29) is 12.0 Å². The molecule has 114 valence electrons. The summed E-state index contributed by atoms with van der Waals surface area (Å²) in [4.78, 5) is 4.67. The van der Waals surface area contributed by atoms with Gasteiger partial charge in [0.2, 0.25) is 0 Å². The van der Waals surface area contributed by atoms with E-state index in [0.717, 1.165) is 32.6 Å². The van der Waals surface area contributed by atoms with Crippen LogP contribution in [0, 0.1) is 0 Å². The molecular formula is C17H30N2O. The summed E-state index contributed by atoms with van der Waals surface area (Å²) >= 11 is 0. The number of aliphatic hydroxyl groups excluding tert-OH is 1. The van der Waals surface area contributed by atoms with Crippen LogP contribution in [0.3, 0.4) is 0 Å². The van der Waals surface area contributed by atoms with Crippen LogP contribution in [0.25, 0.3) is 0 Å². The smallest absolute Gasteiger partial charge is 0.0537 e. The van der Waals surface area contributed by atoms with E-state index in [9.17, 15) is 5.11 Å². The van der Waals surface area contributed by atoms with Crippen LogP contribution in [-0.4, -0.2) is 61.8 Å². The number of benzene rings is 1. The largest absolute Gasteiger partial charge is 0.395 e. The first-order valence-electron chi connectivity index (χ1n) is 7.55. The highest BCUT2D eigenvalue weighted by Crippen LogP contribution is 2.24. The number of nitrogens with zero attached hydrogens (tertiary/aromatic N) is 2. The average molecular weight is 278 g/mol. The van der Waals surface area contributed by atoms with Crippen LogP contribution in [-0.2, 0) is 5.41 Å². The molecule has 3 nitrogen and oxygen atoms in total. The molecule has 20 heavy (non-hydrogen) atoms. The van der Waals surface area contributed by atoms with Gasteiger partial charge in [-0.05, 0) is 32.6 Å². The van der Waals surface area contributed by atoms with Crippen molar-refractivity contribution < 1.29 is 5.11 Å². The van der Waals surface area contributed by atoms with Gasteiger partial charge < -0.3 is 14.9 Å². The summed E-state index contributed by atoms with van der Waals surface area (Å²) in [7, 11) is 4.21. The zero-order chi connectivity index (χ0) is 15.0. The molecule has 0 saturated carbocycles. The second-order valence-corrected chi connectivity index (χ2v) is 6.16. The molecule has 0 spiro atoms. The molecule has 1 unspecified atom stereocenters. The van der Waals surface area contributed by atoms with E-state index >= 15 is 0 Å². The Labute approximate surface area is 124 Å². The predicted octanol–water partition coefficient (Wildman–Crippen LogP) is 2.21. The van der Waals surface area contributed by atoms with Crippen molar-refractivity contribution in [2.45, 2.75) is 25.7 Å². The third kappa shape index (κ3) is 5.23. The standard InChI is InChI=1S/C17H30N2O/c1-5-11-19(13-12-18(3)4)14-17(2,15-20)16-9-7-6-8-10-16/h6-10,20H,5,11-15H2,1-4H3. The second-order valence-electron chi connectivity index (χ2n) is 6.16. The minimum absolute atomic E-state index is 0.180. The molecule has 0 aliphatic carbocycles. The first-order valence-corrected chi connectivity index (χ1v) is 7.55. The Morgan fingerprint density at radius 2 is 1.70 bits per heavy atom. The first-order chi connectivity index (χ1) is 9.51. The van der Waals surface area contributed by atoms with Gasteiger partial charge in [-0.3, -0.25) is 0 Å². The summed E-state index contributed by atoms with van der Waals surface area (Å²) in [5.41, 5.74) is 1.02. The van der Waals surface area contributed by atoms with Crippen molar-refractivity contribution in [1.82, 2.24) is 9.80 Å². The molecule has 0 fully saturated rings. The van der Waals surface area contributed by atoms with E-state index in [4.69, 9.17) is 0 Å². The van der Waals surface area contributed by atoms with Crippen molar-refractivity contribution in [3.63, 3.8) is 0 Å². The lowest BCUT2D eigenvalue weighted by Crippen LogP contribution is -2.44. The van der Waals surface area contributed by atoms with Gasteiger partial charge in [0.25, 0.3) is 0 Å². The Balaban J connectivity index is 2.76. The molecule has 1 rings (SSSR count). The summed E-state index contributed by atoms with van der Waals surface area (Å²) in [5, 5.41) is 9.90. The van der Waals surface area contributed by atoms with Crippen LogP contribution in [0.5, 0.6) is 0 Å². The summed E-state index contributed by atoms with van der Waals surface area (Å²) in [6.45, 7) is 8.62. The maximum atomic E-state index is 9.90. The van der Waals surface area contributed by atoms with Gasteiger partial charge in [0.15, 0.2) is 0 Å². The Morgan fingerprint density at radius 1 is 1.05 bits per heavy atom. The molecule has 0 amide bonds. The van der Waals surface area contributed by atoms with Gasteiger partial charge in [-0.25, -0.2) is 0 Å².